The van der Waals surface area contributed by atoms with Gasteiger partial charge in [0, 0.05) is 60.0 Å². The first-order chi connectivity index (χ1) is 57.4. The van der Waals surface area contributed by atoms with E-state index in [1.165, 1.54) is 36.7 Å². The van der Waals surface area contributed by atoms with Gasteiger partial charge in [0.25, 0.3) is 0 Å². The fraction of sp³-hybridized carbons (Fsp3) is 0.513. The Morgan fingerprint density at radius 1 is 0.570 bits per heavy atom. The molecule has 1 saturated heterocycles. The number of cyclic esters (lactones) is 1. The summed E-state index contributed by atoms with van der Waals surface area (Å²) in [7, 11) is 0. The Hall–Kier alpha value is -13.5. The number of carboxylic acid groups (broad SMARTS) is 4. The molecule has 45 heteroatoms. The van der Waals surface area contributed by atoms with Crippen molar-refractivity contribution in [2.75, 3.05) is 32.0 Å². The molecule has 4 aromatic rings. The Balaban J connectivity index is 1.62. The number of aliphatic hydroxyl groups is 1. The number of nitrogens with zero attached hydrogens (tertiary/aromatic N) is 1. The predicted octanol–water partition coefficient (Wildman–Crippen LogP) is -5.07. The average molecular weight is 1700 g/mol. The second kappa shape index (κ2) is 49.7. The number of aliphatic hydroxyl groups excluding tert-OH is 1. The van der Waals surface area contributed by atoms with Gasteiger partial charge < -0.3 is 126 Å². The predicted molar refractivity (Wildman–Crippen MR) is 422 cm³/mol. The van der Waals surface area contributed by atoms with Gasteiger partial charge in [-0.25, -0.2) is 9.78 Å². The van der Waals surface area contributed by atoms with Crippen molar-refractivity contribution in [3.8, 4) is 0 Å². The fourth-order valence-corrected chi connectivity index (χ4v) is 12.4. The first-order valence-electron chi connectivity index (χ1n) is 38.8. The Morgan fingerprint density at radius 3 is 1.76 bits per heavy atom. The first-order valence-corrected chi connectivity index (χ1v) is 38.8. The van der Waals surface area contributed by atoms with Crippen LogP contribution < -0.4 is 85.9 Å². The molecule has 13 atom stereocenters. The van der Waals surface area contributed by atoms with Crippen LogP contribution in [0.15, 0.2) is 67.1 Å². The normalized spacial score (nSPS) is 20.7. The maximum Gasteiger partial charge on any atom is 0.329 e. The molecule has 0 bridgehead atoms. The van der Waals surface area contributed by atoms with Gasteiger partial charge in [-0.15, -0.1) is 0 Å². The number of aliphatic carboxylic acids is 4. The second-order valence-electron chi connectivity index (χ2n) is 28.7. The number of unbranched alkanes of at least 4 members (excludes halogenated alkanes) is 6. The van der Waals surface area contributed by atoms with Gasteiger partial charge in [0.05, 0.1) is 58.3 Å². The van der Waals surface area contributed by atoms with Crippen LogP contribution in [0.3, 0.4) is 0 Å². The fourth-order valence-electron chi connectivity index (χ4n) is 12.4. The van der Waals surface area contributed by atoms with E-state index in [9.17, 15) is 121 Å². The van der Waals surface area contributed by atoms with Crippen molar-refractivity contribution < 1.29 is 126 Å². The monoisotopic (exact) mass is 1700 g/mol. The quantitative estimate of drug-likeness (QED) is 0.00864. The number of hydrogen-bond donors (Lipinski definition) is 23. The summed E-state index contributed by atoms with van der Waals surface area (Å²) < 4.78 is 5.72. The number of aromatic amines is 2. The molecule has 0 spiro atoms. The third-order valence-corrected chi connectivity index (χ3v) is 18.9. The lowest BCUT2D eigenvalue weighted by atomic mass is 9.96. The molecule has 14 amide bonds. The number of ketones is 1. The number of aromatic nitrogens is 3. The number of amides is 14. The molecule has 5 rings (SSSR count). The molecule has 2 aromatic heterocycles. The Bertz CT molecular complexity index is 4370. The minimum atomic E-state index is -2.46. The minimum Gasteiger partial charge on any atom is -0.481 e. The number of carbonyl (C=O) groups is 20. The van der Waals surface area contributed by atoms with E-state index in [0.717, 1.165) is 52.9 Å². The summed E-state index contributed by atoms with van der Waals surface area (Å²) >= 11 is 0. The van der Waals surface area contributed by atoms with Crippen molar-refractivity contribution >= 4 is 135 Å². The number of nitrogen functional groups attached to an aromatic ring is 1. The zero-order valence-corrected chi connectivity index (χ0v) is 66.8. The molecule has 0 saturated carbocycles. The second-order valence-corrected chi connectivity index (χ2v) is 28.7. The van der Waals surface area contributed by atoms with E-state index in [-0.39, 0.29) is 50.0 Å². The van der Waals surface area contributed by atoms with E-state index in [4.69, 9.17) is 16.2 Å². The number of esters is 1. The number of hydrogen-bond acceptors (Lipinski definition) is 25. The van der Waals surface area contributed by atoms with Crippen LogP contribution in [-0.4, -0.2) is 258 Å². The maximum atomic E-state index is 14.9. The van der Waals surface area contributed by atoms with E-state index in [1.54, 1.807) is 30.5 Å². The molecule has 13 unspecified atom stereocenters. The van der Waals surface area contributed by atoms with Gasteiger partial charge in [0.2, 0.25) is 82.7 Å². The molecule has 660 valence electrons. The molecular formula is C76H105N19O26. The van der Waals surface area contributed by atoms with E-state index < -0.39 is 255 Å². The van der Waals surface area contributed by atoms with Crippen LogP contribution in [-0.2, 0) is 109 Å². The lowest BCUT2D eigenvalue weighted by Gasteiger charge is -2.30. The number of primary amides is 1. The lowest BCUT2D eigenvalue weighted by Crippen LogP contribution is -2.62. The number of nitrogens with one attached hydrogen (secondary N) is 16. The number of anilines is 1. The number of ether oxygens (including phenoxy) is 1. The van der Waals surface area contributed by atoms with Crippen molar-refractivity contribution in [2.24, 2.45) is 11.7 Å². The number of rotatable bonds is 38. The molecule has 3 heterocycles. The summed E-state index contributed by atoms with van der Waals surface area (Å²) in [4.78, 5) is 285. The molecule has 0 radical (unpaired) electrons. The first kappa shape index (κ1) is 98.1. The topological polar surface area (TPSA) is 717 Å². The van der Waals surface area contributed by atoms with E-state index in [2.05, 4.69) is 80.4 Å². The number of nitrogens with two attached hydrogens (primary N) is 2. The van der Waals surface area contributed by atoms with Crippen molar-refractivity contribution in [2.45, 2.75) is 216 Å². The summed E-state index contributed by atoms with van der Waals surface area (Å²) in [5, 5.41) is 82.3. The molecule has 1 fully saturated rings. The highest BCUT2D eigenvalue weighted by atomic mass is 16.5. The number of carboxylic acids is 4. The summed E-state index contributed by atoms with van der Waals surface area (Å²) in [6.07, 6.45) is 0.694. The van der Waals surface area contributed by atoms with Crippen LogP contribution in [0.25, 0.3) is 10.9 Å². The van der Waals surface area contributed by atoms with Crippen LogP contribution >= 0.6 is 0 Å². The van der Waals surface area contributed by atoms with E-state index in [0.29, 0.717) is 35.1 Å². The number of fused-ring (bicyclic) bond motifs is 1. The van der Waals surface area contributed by atoms with E-state index >= 15 is 0 Å². The van der Waals surface area contributed by atoms with Crippen molar-refractivity contribution in [1.29, 1.82) is 0 Å². The number of para-hydroxylation sites is 2. The Labute approximate surface area is 691 Å². The number of Topliss-reactive ketones (excluding diaryl/α,β-unsaturated/α-hetero) is 1. The third kappa shape index (κ3) is 33.8. The summed E-state index contributed by atoms with van der Waals surface area (Å²) in [5.41, 5.74) is 12.4. The number of imidazole rings is 1. The van der Waals surface area contributed by atoms with Gasteiger partial charge in [-0.05, 0) is 69.3 Å². The number of H-pyrrole nitrogens is 2. The summed E-state index contributed by atoms with van der Waals surface area (Å²) in [5.74, 6) is -29.3. The van der Waals surface area contributed by atoms with Crippen LogP contribution in [0, 0.1) is 5.92 Å². The molecule has 121 heavy (non-hydrogen) atoms. The SMILES string of the molecule is CCCCCCCCCC(=O)NC(Cc1c[nH]c2ccccc12)C(=O)NC(CC(N)=O)C(=O)NC(CC(=O)O)C(=O)NC1C(=O)NCC(=O)NC(CCCNCc2ncc[nH]2)C(=O)NC(CC(=O)O)C(=O)NC(C)C(=O)NC(CC(=O)O)C(=O)NCC(=O)NC(CO)C(=O)NC(C(C)CC(=O)O)C(=O)NC(CC(=O)c2ccccc2N)C(=O)OC1C. The standard InChI is InChI=1S/C76H105N19O26/c1-5-6-7-8-9-10-11-22-57(99)87-47(27-41-33-82-45-20-15-13-17-42(41)45)70(114)90-48(29-55(78)98)71(115)92-51(32-63(108)109)72(116)95-65-40(4)121-76(120)52(28-54(97)43-18-12-14-19-44(43)77)93-75(119)64(38(2)26-60(102)103)94-73(117)53(37-96)88-59(101)35-83-67(111)49(30-61(104)105)89-66(110)39(3)85-69(113)50(31-62(106)107)91-68(112)46(86-58(100)36-84-74(65)118)21-16-23-79-34-56-80-24-25-81-56/h12-15,17-20,24-25,33,38-40,46-53,64-65,79,82,96H,5-11,16,21-23,26-32,34-37,77H2,1-4H3,(H2,78,98)(H,80,81)(H,83,111)(H,84,118)(H,85,113)(H,86,100)(H,87,99)(H,88,101)(H,89,110)(H,90,114)(H,91,112)(H,92,115)(H,93,119)(H,94,117)(H,95,116)(H,102,103)(H,104,105)(H,106,107)(H,108,109). The molecule has 25 N–H and O–H groups in total. The molecule has 45 nitrogen and oxygen atoms in total. The van der Waals surface area contributed by atoms with Gasteiger partial charge in [0.1, 0.15) is 78.4 Å². The van der Waals surface area contributed by atoms with E-state index in [1.807, 2.05) is 16.0 Å². The molecule has 0 aliphatic carbocycles. The van der Waals surface area contributed by atoms with Gasteiger partial charge in [-0.3, -0.25) is 91.1 Å². The zero-order chi connectivity index (χ0) is 89.6. The average Bonchev–Trinajstić information content (AvgIpc) is 1.73. The highest BCUT2D eigenvalue weighted by Crippen LogP contribution is 2.22. The van der Waals surface area contributed by atoms with Gasteiger partial charge >= 0.3 is 29.8 Å². The Morgan fingerprint density at radius 2 is 1.14 bits per heavy atom. The van der Waals surface area contributed by atoms with Crippen LogP contribution in [0.4, 0.5) is 5.69 Å². The van der Waals surface area contributed by atoms with Crippen LogP contribution in [0.1, 0.15) is 152 Å². The van der Waals surface area contributed by atoms with Gasteiger partial charge in [0.15, 0.2) is 5.78 Å². The Kier molecular flexibility index (Phi) is 40.3. The molecule has 2 aromatic carbocycles. The van der Waals surface area contributed by atoms with Crippen molar-refractivity contribution in [3.05, 3.63) is 84.1 Å². The largest absolute Gasteiger partial charge is 0.481 e. The smallest absolute Gasteiger partial charge is 0.329 e. The minimum absolute atomic E-state index is 0.0211. The third-order valence-electron chi connectivity index (χ3n) is 18.9. The maximum absolute atomic E-state index is 14.9. The number of benzene rings is 2. The van der Waals surface area contributed by atoms with Gasteiger partial charge in [-0.1, -0.05) is 82.7 Å². The molecule has 1 aliphatic heterocycles. The lowest BCUT2D eigenvalue weighted by molar-refractivity contribution is -0.156. The van der Waals surface area contributed by atoms with Crippen molar-refractivity contribution in [3.63, 3.8) is 0 Å². The van der Waals surface area contributed by atoms with Crippen LogP contribution in [0.2, 0.25) is 0 Å². The van der Waals surface area contributed by atoms with Crippen LogP contribution in [0.5, 0.6) is 0 Å². The number of carbonyl (C=O) groups excluding carboxylic acids is 16. The van der Waals surface area contributed by atoms with Crippen molar-refractivity contribution in [1.82, 2.24) is 89.4 Å². The molecule has 1 aliphatic rings. The highest BCUT2D eigenvalue weighted by molar-refractivity contribution is 6.05. The molecular weight excluding hydrogens is 1590 g/mol. The zero-order valence-electron chi connectivity index (χ0n) is 66.8. The summed E-state index contributed by atoms with van der Waals surface area (Å²) in [6.45, 7) is 1.50. The van der Waals surface area contributed by atoms with Gasteiger partial charge in [-0.2, -0.15) is 0 Å². The summed E-state index contributed by atoms with van der Waals surface area (Å²) in [6, 6.07) is -10.6. The highest BCUT2D eigenvalue weighted by Gasteiger charge is 2.41.